The van der Waals surface area contributed by atoms with Crippen LogP contribution in [0.1, 0.15) is 24.2 Å². The van der Waals surface area contributed by atoms with E-state index in [-0.39, 0.29) is 5.56 Å². The Hall–Kier alpha value is -1.56. The molecule has 0 aliphatic carbocycles. The van der Waals surface area contributed by atoms with Crippen molar-refractivity contribution in [3.63, 3.8) is 0 Å². The second kappa shape index (κ2) is 4.97. The molecule has 6 heteroatoms. The first kappa shape index (κ1) is 12.9. The molecule has 96 valence electrons. The molecule has 18 heavy (non-hydrogen) atoms. The summed E-state index contributed by atoms with van der Waals surface area (Å²) in [5, 5.41) is 13.5. The molecule has 2 aromatic rings. The van der Waals surface area contributed by atoms with E-state index in [1.807, 2.05) is 13.8 Å². The number of carboxylic acid groups (broad SMARTS) is 1. The molecule has 0 saturated carbocycles. The summed E-state index contributed by atoms with van der Waals surface area (Å²) in [7, 11) is 0. The van der Waals surface area contributed by atoms with Crippen molar-refractivity contribution in [3.05, 3.63) is 28.6 Å². The molecule has 0 aliphatic heterocycles. The summed E-state index contributed by atoms with van der Waals surface area (Å²) < 4.78 is 7.54. The number of carbonyl (C=O) groups is 1. The van der Waals surface area contributed by atoms with Crippen LogP contribution in [0, 0.1) is 5.92 Å². The number of halogens is 1. The summed E-state index contributed by atoms with van der Waals surface area (Å²) in [6, 6.07) is 3.40. The van der Waals surface area contributed by atoms with Crippen LogP contribution < -0.4 is 0 Å². The molecule has 2 aromatic heterocycles. The molecule has 0 fully saturated rings. The maximum Gasteiger partial charge on any atom is 0.339 e. The van der Waals surface area contributed by atoms with Gasteiger partial charge in [0.15, 0.2) is 10.4 Å². The molecule has 0 aliphatic rings. The minimum absolute atomic E-state index is 0.150. The quantitative estimate of drug-likeness (QED) is 0.940. The Labute approximate surface area is 113 Å². The van der Waals surface area contributed by atoms with E-state index >= 15 is 0 Å². The largest absolute Gasteiger partial charge is 0.478 e. The van der Waals surface area contributed by atoms with Crippen molar-refractivity contribution < 1.29 is 14.3 Å². The highest BCUT2D eigenvalue weighted by Crippen LogP contribution is 2.27. The molecule has 2 rings (SSSR count). The molecule has 0 amide bonds. The van der Waals surface area contributed by atoms with Crippen molar-refractivity contribution in [2.75, 3.05) is 0 Å². The molecule has 2 heterocycles. The number of furan rings is 1. The van der Waals surface area contributed by atoms with Gasteiger partial charge in [0.1, 0.15) is 11.3 Å². The number of hydrogen-bond acceptors (Lipinski definition) is 3. The summed E-state index contributed by atoms with van der Waals surface area (Å²) in [4.78, 5) is 11.2. The first-order valence-corrected chi connectivity index (χ1v) is 6.33. The fourth-order valence-corrected chi connectivity index (χ4v) is 1.98. The number of hydrogen-bond donors (Lipinski definition) is 1. The van der Waals surface area contributed by atoms with Gasteiger partial charge in [0.25, 0.3) is 0 Å². The first-order chi connectivity index (χ1) is 8.47. The Balaban J connectivity index is 2.44. The lowest BCUT2D eigenvalue weighted by molar-refractivity contribution is 0.0697. The Bertz CT molecular complexity index is 572. The predicted octanol–water partition coefficient (Wildman–Crippen LogP) is 3.26. The number of nitrogens with zero attached hydrogens (tertiary/aromatic N) is 2. The highest BCUT2D eigenvalue weighted by molar-refractivity contribution is 9.10. The van der Waals surface area contributed by atoms with Gasteiger partial charge in [-0.2, -0.15) is 5.10 Å². The lowest BCUT2D eigenvalue weighted by atomic mass is 10.2. The van der Waals surface area contributed by atoms with Crippen LogP contribution in [0.15, 0.2) is 27.4 Å². The van der Waals surface area contributed by atoms with Gasteiger partial charge in [0.05, 0.1) is 0 Å². The Morgan fingerprint density at radius 2 is 2.28 bits per heavy atom. The lowest BCUT2D eigenvalue weighted by Gasteiger charge is -2.03. The molecule has 0 atom stereocenters. The average Bonchev–Trinajstić information content (AvgIpc) is 2.83. The molecule has 0 saturated heterocycles. The SMILES string of the molecule is CC(C)Cn1cc(C(=O)O)c(-c2ccc(Br)o2)n1. The van der Waals surface area contributed by atoms with Gasteiger partial charge in [0, 0.05) is 12.7 Å². The summed E-state index contributed by atoms with van der Waals surface area (Å²) in [5.41, 5.74) is 0.506. The van der Waals surface area contributed by atoms with Crippen LogP contribution in [0.5, 0.6) is 0 Å². The van der Waals surface area contributed by atoms with E-state index in [9.17, 15) is 9.90 Å². The van der Waals surface area contributed by atoms with Crippen LogP contribution >= 0.6 is 15.9 Å². The second-order valence-corrected chi connectivity index (χ2v) is 5.20. The molecular formula is C12H13BrN2O3. The average molecular weight is 313 g/mol. The zero-order chi connectivity index (χ0) is 13.3. The van der Waals surface area contributed by atoms with Crippen LogP contribution in [0.2, 0.25) is 0 Å². The normalized spacial score (nSPS) is 11.1. The van der Waals surface area contributed by atoms with Crippen LogP contribution in [-0.2, 0) is 6.54 Å². The Morgan fingerprint density at radius 3 is 2.78 bits per heavy atom. The molecule has 0 unspecified atom stereocenters. The zero-order valence-corrected chi connectivity index (χ0v) is 11.6. The third-order valence-electron chi connectivity index (χ3n) is 2.35. The number of carboxylic acids is 1. The van der Waals surface area contributed by atoms with Crippen LogP contribution in [0.4, 0.5) is 0 Å². The Kier molecular flexibility index (Phi) is 3.56. The van der Waals surface area contributed by atoms with E-state index in [1.165, 1.54) is 6.20 Å². The number of rotatable bonds is 4. The fourth-order valence-electron chi connectivity index (χ4n) is 1.67. The fraction of sp³-hybridized carbons (Fsp3) is 0.333. The van der Waals surface area contributed by atoms with Crippen molar-refractivity contribution >= 4 is 21.9 Å². The zero-order valence-electron chi connectivity index (χ0n) is 10.1. The van der Waals surface area contributed by atoms with Gasteiger partial charge in [-0.05, 0) is 34.0 Å². The molecule has 0 radical (unpaired) electrons. The minimum atomic E-state index is -1.01. The van der Waals surface area contributed by atoms with Gasteiger partial charge in [-0.25, -0.2) is 4.79 Å². The van der Waals surface area contributed by atoms with Crippen molar-refractivity contribution in [3.8, 4) is 11.5 Å². The third kappa shape index (κ3) is 2.64. The molecule has 0 spiro atoms. The van der Waals surface area contributed by atoms with Gasteiger partial charge in [-0.15, -0.1) is 0 Å². The van der Waals surface area contributed by atoms with Gasteiger partial charge in [0.2, 0.25) is 0 Å². The second-order valence-electron chi connectivity index (χ2n) is 4.42. The van der Waals surface area contributed by atoms with Gasteiger partial charge in [-0.3, -0.25) is 4.68 Å². The summed E-state index contributed by atoms with van der Waals surface area (Å²) in [6.45, 7) is 4.76. The van der Waals surface area contributed by atoms with E-state index in [0.717, 1.165) is 0 Å². The van der Waals surface area contributed by atoms with E-state index in [1.54, 1.807) is 16.8 Å². The third-order valence-corrected chi connectivity index (χ3v) is 2.78. The lowest BCUT2D eigenvalue weighted by Crippen LogP contribution is -2.04. The highest BCUT2D eigenvalue weighted by atomic mass is 79.9. The highest BCUT2D eigenvalue weighted by Gasteiger charge is 2.19. The van der Waals surface area contributed by atoms with Gasteiger partial charge in [-0.1, -0.05) is 13.8 Å². The monoisotopic (exact) mass is 312 g/mol. The topological polar surface area (TPSA) is 68.3 Å². The number of aromatic nitrogens is 2. The van der Waals surface area contributed by atoms with Gasteiger partial charge < -0.3 is 9.52 Å². The maximum atomic E-state index is 11.2. The van der Waals surface area contributed by atoms with Gasteiger partial charge >= 0.3 is 5.97 Å². The summed E-state index contributed by atoms with van der Waals surface area (Å²) >= 11 is 3.19. The standard InChI is InChI=1S/C12H13BrN2O3/c1-7(2)5-15-6-8(12(16)17)11(14-15)9-3-4-10(13)18-9/h3-4,6-7H,5H2,1-2H3,(H,16,17). The first-order valence-electron chi connectivity index (χ1n) is 5.54. The van der Waals surface area contributed by atoms with Crippen LogP contribution in [0.3, 0.4) is 0 Å². The van der Waals surface area contributed by atoms with Crippen molar-refractivity contribution in [2.24, 2.45) is 5.92 Å². The summed E-state index contributed by atoms with van der Waals surface area (Å²) in [6.07, 6.45) is 1.54. The van der Waals surface area contributed by atoms with Crippen molar-refractivity contribution in [1.82, 2.24) is 9.78 Å². The molecular weight excluding hydrogens is 300 g/mol. The predicted molar refractivity (Wildman–Crippen MR) is 69.4 cm³/mol. The molecule has 5 nitrogen and oxygen atoms in total. The summed E-state index contributed by atoms with van der Waals surface area (Å²) in [5.74, 6) is -0.169. The van der Waals surface area contributed by atoms with E-state index in [4.69, 9.17) is 4.42 Å². The smallest absolute Gasteiger partial charge is 0.339 e. The maximum absolute atomic E-state index is 11.2. The van der Waals surface area contributed by atoms with E-state index in [2.05, 4.69) is 21.0 Å². The van der Waals surface area contributed by atoms with Crippen molar-refractivity contribution in [2.45, 2.75) is 20.4 Å². The molecule has 0 aromatic carbocycles. The van der Waals surface area contributed by atoms with Crippen molar-refractivity contribution in [1.29, 1.82) is 0 Å². The van der Waals surface area contributed by atoms with E-state index < -0.39 is 5.97 Å². The molecule has 1 N–H and O–H groups in total. The Morgan fingerprint density at radius 1 is 1.56 bits per heavy atom. The van der Waals surface area contributed by atoms with E-state index in [0.29, 0.717) is 28.6 Å². The van der Waals surface area contributed by atoms with Crippen LogP contribution in [-0.4, -0.2) is 20.9 Å². The number of aromatic carboxylic acids is 1. The van der Waals surface area contributed by atoms with Crippen LogP contribution in [0.25, 0.3) is 11.5 Å². The minimum Gasteiger partial charge on any atom is -0.478 e. The molecule has 0 bridgehead atoms.